The highest BCUT2D eigenvalue weighted by Crippen LogP contribution is 2.19. The lowest BCUT2D eigenvalue weighted by atomic mass is 10.1. The van der Waals surface area contributed by atoms with E-state index in [1.165, 1.54) is 4.90 Å². The molecule has 0 saturated carbocycles. The Bertz CT molecular complexity index is 704. The first kappa shape index (κ1) is 15.3. The van der Waals surface area contributed by atoms with Gasteiger partial charge in [0.25, 0.3) is 5.91 Å². The van der Waals surface area contributed by atoms with Crippen molar-refractivity contribution >= 4 is 11.9 Å². The van der Waals surface area contributed by atoms with Gasteiger partial charge >= 0.3 is 6.03 Å². The number of aryl methyl sites for hydroxylation is 3. The minimum atomic E-state index is -0.469. The van der Waals surface area contributed by atoms with Gasteiger partial charge in [0.1, 0.15) is 11.8 Å². The van der Waals surface area contributed by atoms with Crippen LogP contribution in [0.25, 0.3) is 0 Å². The summed E-state index contributed by atoms with van der Waals surface area (Å²) in [6.45, 7) is 3.78. The van der Waals surface area contributed by atoms with Crippen LogP contribution in [0.2, 0.25) is 0 Å². The number of imide groups is 1. The molecule has 3 amide bonds. The highest BCUT2D eigenvalue weighted by atomic mass is 16.5. The van der Waals surface area contributed by atoms with Gasteiger partial charge in [-0.25, -0.2) is 4.79 Å². The Morgan fingerprint density at radius 1 is 1.22 bits per heavy atom. The maximum atomic E-state index is 12.5. The van der Waals surface area contributed by atoms with Crippen molar-refractivity contribution in [2.24, 2.45) is 0 Å². The molecule has 1 atom stereocenters. The maximum Gasteiger partial charge on any atom is 0.325 e. The average molecular weight is 313 g/mol. The molecule has 23 heavy (non-hydrogen) atoms. The number of hydrogen-bond donors (Lipinski definition) is 1. The Labute approximate surface area is 134 Å². The third-order valence-electron chi connectivity index (χ3n) is 4.17. The van der Waals surface area contributed by atoms with Crippen LogP contribution in [-0.2, 0) is 17.8 Å². The molecule has 1 aromatic heterocycles. The molecular formula is C17H19N3O3. The quantitative estimate of drug-likeness (QED) is 0.860. The molecule has 1 N–H and O–H groups in total. The lowest BCUT2D eigenvalue weighted by Crippen LogP contribution is -2.31. The largest absolute Gasteiger partial charge is 0.361 e. The number of aromatic nitrogens is 1. The number of nitrogens with one attached hydrogen (secondary N) is 1. The molecule has 0 radical (unpaired) electrons. The molecule has 1 aliphatic heterocycles. The third-order valence-corrected chi connectivity index (χ3v) is 4.17. The van der Waals surface area contributed by atoms with E-state index in [2.05, 4.69) is 10.5 Å². The van der Waals surface area contributed by atoms with Gasteiger partial charge in [0.15, 0.2) is 0 Å². The second-order valence-electron chi connectivity index (χ2n) is 5.75. The Morgan fingerprint density at radius 2 is 1.96 bits per heavy atom. The van der Waals surface area contributed by atoms with Crippen molar-refractivity contribution in [3.05, 3.63) is 52.9 Å². The van der Waals surface area contributed by atoms with Crippen LogP contribution in [0, 0.1) is 13.8 Å². The second-order valence-corrected chi connectivity index (χ2v) is 5.75. The SMILES string of the molecule is Cc1noc(C)c1CN1C(=O)N[C@@H](CCc2ccccc2)C1=O. The van der Waals surface area contributed by atoms with E-state index in [0.717, 1.165) is 17.5 Å². The molecule has 2 heterocycles. The normalized spacial score (nSPS) is 17.7. The van der Waals surface area contributed by atoms with Crippen molar-refractivity contribution in [2.45, 2.75) is 39.3 Å². The predicted octanol–water partition coefficient (Wildman–Crippen LogP) is 2.34. The van der Waals surface area contributed by atoms with Crippen molar-refractivity contribution in [1.82, 2.24) is 15.4 Å². The van der Waals surface area contributed by atoms with Crippen molar-refractivity contribution in [1.29, 1.82) is 0 Å². The minimum absolute atomic E-state index is 0.189. The molecule has 1 saturated heterocycles. The number of hydrogen-bond acceptors (Lipinski definition) is 4. The molecule has 6 nitrogen and oxygen atoms in total. The summed E-state index contributed by atoms with van der Waals surface area (Å²) >= 11 is 0. The fourth-order valence-electron chi connectivity index (χ4n) is 2.76. The van der Waals surface area contributed by atoms with Crippen molar-refractivity contribution in [2.75, 3.05) is 0 Å². The highest BCUT2D eigenvalue weighted by molar-refractivity contribution is 6.04. The van der Waals surface area contributed by atoms with E-state index in [1.54, 1.807) is 13.8 Å². The van der Waals surface area contributed by atoms with Crippen molar-refractivity contribution < 1.29 is 14.1 Å². The van der Waals surface area contributed by atoms with Crippen LogP contribution in [0.4, 0.5) is 4.79 Å². The summed E-state index contributed by atoms with van der Waals surface area (Å²) in [5, 5.41) is 6.62. The van der Waals surface area contributed by atoms with Gasteiger partial charge in [-0.3, -0.25) is 9.69 Å². The van der Waals surface area contributed by atoms with E-state index in [-0.39, 0.29) is 18.5 Å². The number of carbonyl (C=O) groups excluding carboxylic acids is 2. The molecule has 1 aliphatic rings. The second kappa shape index (κ2) is 6.24. The van der Waals surface area contributed by atoms with Gasteiger partial charge in [0.2, 0.25) is 0 Å². The molecule has 120 valence electrons. The van der Waals surface area contributed by atoms with Crippen LogP contribution in [0.15, 0.2) is 34.9 Å². The van der Waals surface area contributed by atoms with Crippen molar-refractivity contribution in [3.8, 4) is 0 Å². The summed E-state index contributed by atoms with van der Waals surface area (Å²) in [6.07, 6.45) is 1.34. The van der Waals surface area contributed by atoms with Crippen molar-refractivity contribution in [3.63, 3.8) is 0 Å². The first-order valence-corrected chi connectivity index (χ1v) is 7.64. The summed E-state index contributed by atoms with van der Waals surface area (Å²) in [5.74, 6) is 0.446. The van der Waals surface area contributed by atoms with Gasteiger partial charge in [-0.15, -0.1) is 0 Å². The van der Waals surface area contributed by atoms with E-state index < -0.39 is 6.04 Å². The summed E-state index contributed by atoms with van der Waals surface area (Å²) in [7, 11) is 0. The van der Waals surface area contributed by atoms with Crippen LogP contribution >= 0.6 is 0 Å². The molecule has 0 bridgehead atoms. The lowest BCUT2D eigenvalue weighted by Gasteiger charge is -2.12. The zero-order chi connectivity index (χ0) is 16.4. The van der Waals surface area contributed by atoms with Gasteiger partial charge < -0.3 is 9.84 Å². The molecule has 1 aromatic carbocycles. The number of amides is 3. The zero-order valence-electron chi connectivity index (χ0n) is 13.2. The molecular weight excluding hydrogens is 294 g/mol. The fraction of sp³-hybridized carbons (Fsp3) is 0.353. The number of benzene rings is 1. The maximum absolute atomic E-state index is 12.5. The van der Waals surface area contributed by atoms with Crippen LogP contribution in [-0.4, -0.2) is 28.0 Å². The zero-order valence-corrected chi connectivity index (χ0v) is 13.2. The van der Waals surface area contributed by atoms with E-state index in [0.29, 0.717) is 17.9 Å². The first-order chi connectivity index (χ1) is 11.1. The molecule has 2 aromatic rings. The van der Waals surface area contributed by atoms with E-state index >= 15 is 0 Å². The topological polar surface area (TPSA) is 75.4 Å². The first-order valence-electron chi connectivity index (χ1n) is 7.64. The molecule has 6 heteroatoms. The fourth-order valence-corrected chi connectivity index (χ4v) is 2.76. The summed E-state index contributed by atoms with van der Waals surface area (Å²) < 4.78 is 5.09. The number of carbonyl (C=O) groups is 2. The number of nitrogens with zero attached hydrogens (tertiary/aromatic N) is 2. The Kier molecular flexibility index (Phi) is 4.14. The molecule has 1 fully saturated rings. The molecule has 3 rings (SSSR count). The van der Waals surface area contributed by atoms with Gasteiger partial charge in [-0.1, -0.05) is 35.5 Å². The summed E-state index contributed by atoms with van der Waals surface area (Å²) in [6, 6.07) is 9.10. The number of urea groups is 1. The smallest absolute Gasteiger partial charge is 0.325 e. The highest BCUT2D eigenvalue weighted by Gasteiger charge is 2.38. The summed E-state index contributed by atoms with van der Waals surface area (Å²) in [5.41, 5.74) is 2.65. The molecule has 0 unspecified atom stereocenters. The van der Waals surface area contributed by atoms with Crippen LogP contribution in [0.1, 0.15) is 29.0 Å². The molecule has 0 spiro atoms. The van der Waals surface area contributed by atoms with Gasteiger partial charge in [-0.2, -0.15) is 0 Å². The van der Waals surface area contributed by atoms with E-state index in [1.807, 2.05) is 30.3 Å². The average Bonchev–Trinajstić information content (AvgIpc) is 3.01. The van der Waals surface area contributed by atoms with Crippen LogP contribution < -0.4 is 5.32 Å². The Balaban J connectivity index is 1.65. The van der Waals surface area contributed by atoms with E-state index in [9.17, 15) is 9.59 Å². The predicted molar refractivity (Wildman–Crippen MR) is 83.6 cm³/mol. The summed E-state index contributed by atoms with van der Waals surface area (Å²) in [4.78, 5) is 25.8. The van der Waals surface area contributed by atoms with Gasteiger partial charge in [0.05, 0.1) is 12.2 Å². The Morgan fingerprint density at radius 3 is 2.61 bits per heavy atom. The molecule has 0 aliphatic carbocycles. The van der Waals surface area contributed by atoms with Gasteiger partial charge in [-0.05, 0) is 32.3 Å². The number of rotatable bonds is 5. The monoisotopic (exact) mass is 313 g/mol. The standard InChI is InChI=1S/C17H19N3O3/c1-11-14(12(2)23-19-11)10-20-16(21)15(18-17(20)22)9-8-13-6-4-3-5-7-13/h3-7,15H,8-10H2,1-2H3,(H,18,22)/t15-/m0/s1. The van der Waals surface area contributed by atoms with Crippen LogP contribution in [0.3, 0.4) is 0 Å². The van der Waals surface area contributed by atoms with Crippen LogP contribution in [0.5, 0.6) is 0 Å². The van der Waals surface area contributed by atoms with Gasteiger partial charge in [0, 0.05) is 5.56 Å². The Hall–Kier alpha value is -2.63. The van der Waals surface area contributed by atoms with E-state index in [4.69, 9.17) is 4.52 Å². The lowest BCUT2D eigenvalue weighted by molar-refractivity contribution is -0.128. The minimum Gasteiger partial charge on any atom is -0.361 e. The third kappa shape index (κ3) is 3.11.